The van der Waals surface area contributed by atoms with E-state index in [1.807, 2.05) is 0 Å². The molecule has 0 N–H and O–H groups in total. The molecule has 0 aliphatic heterocycles. The zero-order chi connectivity index (χ0) is 15.7. The summed E-state index contributed by atoms with van der Waals surface area (Å²) in [5, 5.41) is 0. The second-order valence-electron chi connectivity index (χ2n) is 5.77. The molecule has 0 spiro atoms. The van der Waals surface area contributed by atoms with Crippen molar-refractivity contribution in [1.29, 1.82) is 0 Å². The van der Waals surface area contributed by atoms with E-state index in [9.17, 15) is 0 Å². The van der Waals surface area contributed by atoms with E-state index in [0.29, 0.717) is 0 Å². The third-order valence-electron chi connectivity index (χ3n) is 3.84. The molecule has 3 rings (SSSR count). The Kier molecular flexibility index (Phi) is 3.72. The Bertz CT molecular complexity index is 771. The van der Waals surface area contributed by atoms with E-state index in [1.165, 1.54) is 22.3 Å². The quantitative estimate of drug-likeness (QED) is 0.700. The zero-order valence-corrected chi connectivity index (χ0v) is 13.4. The molecule has 22 heavy (non-hydrogen) atoms. The molecule has 0 radical (unpaired) electrons. The topological polar surface area (TPSA) is 38.7 Å². The molecule has 2 aromatic carbocycles. The van der Waals surface area contributed by atoms with Gasteiger partial charge in [0.1, 0.15) is 6.33 Å². The molecule has 0 unspecified atom stereocenters. The van der Waals surface area contributed by atoms with E-state index in [1.54, 1.807) is 6.33 Å². The van der Waals surface area contributed by atoms with Gasteiger partial charge in [-0.2, -0.15) is 0 Å². The molecule has 3 heteroatoms. The predicted molar refractivity (Wildman–Crippen MR) is 89.6 cm³/mol. The van der Waals surface area contributed by atoms with Crippen LogP contribution in [0.2, 0.25) is 0 Å². The van der Waals surface area contributed by atoms with Gasteiger partial charge in [0.05, 0.1) is 0 Å². The smallest absolute Gasteiger partial charge is 0.163 e. The van der Waals surface area contributed by atoms with Gasteiger partial charge in [-0.15, -0.1) is 0 Å². The van der Waals surface area contributed by atoms with E-state index in [4.69, 9.17) is 4.98 Å². The highest BCUT2D eigenvalue weighted by molar-refractivity contribution is 5.66. The first kappa shape index (κ1) is 14.4. The highest BCUT2D eigenvalue weighted by Crippen LogP contribution is 2.25. The van der Waals surface area contributed by atoms with Crippen molar-refractivity contribution < 1.29 is 0 Å². The molecule has 0 aliphatic carbocycles. The monoisotopic (exact) mass is 289 g/mol. The standard InChI is InChI=1S/C19H19N3/c1-12-5-7-14(3)16(9-12)18-20-11-21-19(22-18)17-10-13(2)6-8-15(17)4/h5-11H,1-4H3. The second-order valence-corrected chi connectivity index (χ2v) is 5.77. The highest BCUT2D eigenvalue weighted by Gasteiger charge is 2.10. The van der Waals surface area contributed by atoms with E-state index >= 15 is 0 Å². The molecule has 0 bridgehead atoms. The zero-order valence-electron chi connectivity index (χ0n) is 13.4. The fourth-order valence-electron chi connectivity index (χ4n) is 2.51. The van der Waals surface area contributed by atoms with Gasteiger partial charge in [-0.25, -0.2) is 15.0 Å². The van der Waals surface area contributed by atoms with Crippen LogP contribution in [0.4, 0.5) is 0 Å². The lowest BCUT2D eigenvalue weighted by atomic mass is 10.0. The molecule has 3 nitrogen and oxygen atoms in total. The Morgan fingerprint density at radius 3 is 1.55 bits per heavy atom. The molecule has 0 saturated carbocycles. The lowest BCUT2D eigenvalue weighted by Gasteiger charge is -2.09. The fourth-order valence-corrected chi connectivity index (χ4v) is 2.51. The van der Waals surface area contributed by atoms with E-state index in [0.717, 1.165) is 22.8 Å². The first-order valence-electron chi connectivity index (χ1n) is 7.39. The van der Waals surface area contributed by atoms with Crippen LogP contribution in [-0.2, 0) is 0 Å². The summed E-state index contributed by atoms with van der Waals surface area (Å²) in [4.78, 5) is 13.4. The van der Waals surface area contributed by atoms with Crippen LogP contribution in [0.15, 0.2) is 42.7 Å². The van der Waals surface area contributed by atoms with Gasteiger partial charge >= 0.3 is 0 Å². The maximum Gasteiger partial charge on any atom is 0.163 e. The Morgan fingerprint density at radius 1 is 0.636 bits per heavy atom. The van der Waals surface area contributed by atoms with E-state index < -0.39 is 0 Å². The van der Waals surface area contributed by atoms with Crippen LogP contribution in [0.25, 0.3) is 22.8 Å². The van der Waals surface area contributed by atoms with Crippen LogP contribution in [0.1, 0.15) is 22.3 Å². The van der Waals surface area contributed by atoms with Gasteiger partial charge in [0.25, 0.3) is 0 Å². The summed E-state index contributed by atoms with van der Waals surface area (Å²) in [5.41, 5.74) is 6.87. The summed E-state index contributed by atoms with van der Waals surface area (Å²) < 4.78 is 0. The molecule has 3 aromatic rings. The number of nitrogens with zero attached hydrogens (tertiary/aromatic N) is 3. The minimum absolute atomic E-state index is 0.729. The van der Waals surface area contributed by atoms with Crippen molar-refractivity contribution in [2.45, 2.75) is 27.7 Å². The lowest BCUT2D eigenvalue weighted by molar-refractivity contribution is 1.06. The number of rotatable bonds is 2. The van der Waals surface area contributed by atoms with Gasteiger partial charge in [0, 0.05) is 11.1 Å². The largest absolute Gasteiger partial charge is 0.216 e. The Morgan fingerprint density at radius 2 is 1.09 bits per heavy atom. The lowest BCUT2D eigenvalue weighted by Crippen LogP contribution is -1.98. The number of hydrogen-bond acceptors (Lipinski definition) is 3. The fraction of sp³-hybridized carbons (Fsp3) is 0.211. The first-order valence-corrected chi connectivity index (χ1v) is 7.39. The summed E-state index contributed by atoms with van der Waals surface area (Å²) in [7, 11) is 0. The van der Waals surface area contributed by atoms with Crippen LogP contribution in [0.5, 0.6) is 0 Å². The van der Waals surface area contributed by atoms with Gasteiger partial charge in [-0.05, 0) is 51.0 Å². The number of hydrogen-bond donors (Lipinski definition) is 0. The maximum atomic E-state index is 4.69. The van der Waals surface area contributed by atoms with E-state index in [-0.39, 0.29) is 0 Å². The minimum Gasteiger partial charge on any atom is -0.216 e. The third kappa shape index (κ3) is 2.75. The van der Waals surface area contributed by atoms with Crippen molar-refractivity contribution in [3.8, 4) is 22.8 Å². The molecule has 0 fully saturated rings. The third-order valence-corrected chi connectivity index (χ3v) is 3.84. The van der Waals surface area contributed by atoms with Crippen LogP contribution < -0.4 is 0 Å². The van der Waals surface area contributed by atoms with Gasteiger partial charge in [0.15, 0.2) is 11.6 Å². The molecule has 1 aromatic heterocycles. The predicted octanol–water partition coefficient (Wildman–Crippen LogP) is 4.44. The maximum absolute atomic E-state index is 4.69. The molecular formula is C19H19N3. The molecule has 0 aliphatic rings. The van der Waals surface area contributed by atoms with Crippen molar-refractivity contribution >= 4 is 0 Å². The van der Waals surface area contributed by atoms with Crippen molar-refractivity contribution in [2.75, 3.05) is 0 Å². The minimum atomic E-state index is 0.729. The summed E-state index contributed by atoms with van der Waals surface area (Å²) in [6, 6.07) is 12.7. The van der Waals surface area contributed by atoms with Gasteiger partial charge < -0.3 is 0 Å². The molecule has 0 amide bonds. The van der Waals surface area contributed by atoms with Crippen molar-refractivity contribution in [3.05, 3.63) is 65.0 Å². The Hall–Kier alpha value is -2.55. The first-order chi connectivity index (χ1) is 10.5. The molecule has 0 saturated heterocycles. The van der Waals surface area contributed by atoms with Crippen LogP contribution in [0.3, 0.4) is 0 Å². The van der Waals surface area contributed by atoms with Crippen molar-refractivity contribution in [3.63, 3.8) is 0 Å². The highest BCUT2D eigenvalue weighted by atomic mass is 15.0. The average Bonchev–Trinajstić information content (AvgIpc) is 2.52. The molecular weight excluding hydrogens is 270 g/mol. The molecule has 110 valence electrons. The van der Waals surface area contributed by atoms with Gasteiger partial charge in [-0.3, -0.25) is 0 Å². The summed E-state index contributed by atoms with van der Waals surface area (Å²) in [6.45, 7) is 8.32. The normalized spacial score (nSPS) is 10.7. The second kappa shape index (κ2) is 5.68. The summed E-state index contributed by atoms with van der Waals surface area (Å²) >= 11 is 0. The summed E-state index contributed by atoms with van der Waals surface area (Å²) in [5.74, 6) is 1.46. The van der Waals surface area contributed by atoms with Crippen molar-refractivity contribution in [1.82, 2.24) is 15.0 Å². The van der Waals surface area contributed by atoms with Gasteiger partial charge in [0.2, 0.25) is 0 Å². The molecule has 1 heterocycles. The van der Waals surface area contributed by atoms with Gasteiger partial charge in [-0.1, -0.05) is 35.4 Å². The van der Waals surface area contributed by atoms with Crippen LogP contribution in [-0.4, -0.2) is 15.0 Å². The van der Waals surface area contributed by atoms with E-state index in [2.05, 4.69) is 74.1 Å². The van der Waals surface area contributed by atoms with Crippen LogP contribution in [0, 0.1) is 27.7 Å². The molecule has 0 atom stereocenters. The van der Waals surface area contributed by atoms with Crippen molar-refractivity contribution in [2.24, 2.45) is 0 Å². The number of benzene rings is 2. The Balaban J connectivity index is 2.14. The summed E-state index contributed by atoms with van der Waals surface area (Å²) in [6.07, 6.45) is 1.60. The average molecular weight is 289 g/mol. The number of aromatic nitrogens is 3. The van der Waals surface area contributed by atoms with Crippen LogP contribution >= 0.6 is 0 Å². The Labute approximate surface area is 131 Å². The number of aryl methyl sites for hydroxylation is 4. The SMILES string of the molecule is Cc1ccc(C)c(-c2ncnc(-c3cc(C)ccc3C)n2)c1.